The number of piperidine rings is 1. The molecule has 2 N–H and O–H groups in total. The summed E-state index contributed by atoms with van der Waals surface area (Å²) in [5.74, 6) is -1.02. The number of H-pyrrole nitrogens is 2. The molecule has 1 atom stereocenters. The Morgan fingerprint density at radius 3 is 2.66 bits per heavy atom. The Morgan fingerprint density at radius 2 is 1.90 bits per heavy atom. The van der Waals surface area contributed by atoms with Crippen LogP contribution < -0.4 is 5.56 Å². The van der Waals surface area contributed by atoms with Crippen LogP contribution in [0.4, 0.5) is 18.0 Å². The summed E-state index contributed by atoms with van der Waals surface area (Å²) in [6.45, 7) is -1.30. The van der Waals surface area contributed by atoms with E-state index in [1.54, 1.807) is 6.07 Å². The fourth-order valence-corrected chi connectivity index (χ4v) is 6.07. The number of pyridine rings is 1. The zero-order chi connectivity index (χ0) is 28.9. The molecule has 0 bridgehead atoms. The van der Waals surface area contributed by atoms with Gasteiger partial charge in [0.15, 0.2) is 6.10 Å². The monoisotopic (exact) mass is 587 g/mol. The van der Waals surface area contributed by atoms with E-state index in [0.29, 0.717) is 50.4 Å². The lowest BCUT2D eigenvalue weighted by Crippen LogP contribution is -2.47. The third-order valence-electron chi connectivity index (χ3n) is 7.82. The zero-order valence-electron chi connectivity index (χ0n) is 21.6. The summed E-state index contributed by atoms with van der Waals surface area (Å²) in [6.07, 6.45) is -4.60. The highest BCUT2D eigenvalue weighted by atomic mass is 35.5. The maximum absolute atomic E-state index is 13.4. The summed E-state index contributed by atoms with van der Waals surface area (Å²) >= 11 is 6.36. The number of para-hydroxylation sites is 1. The van der Waals surface area contributed by atoms with Crippen LogP contribution in [0.25, 0.3) is 21.8 Å². The van der Waals surface area contributed by atoms with Crippen molar-refractivity contribution in [3.05, 3.63) is 74.7 Å². The molecular formula is C28H25ClF3N5O4. The van der Waals surface area contributed by atoms with E-state index < -0.39 is 30.8 Å². The number of benzene rings is 2. The van der Waals surface area contributed by atoms with E-state index in [1.165, 1.54) is 11.1 Å². The number of ether oxygens (including phenoxy) is 1. The van der Waals surface area contributed by atoms with Gasteiger partial charge in [-0.3, -0.25) is 14.7 Å². The van der Waals surface area contributed by atoms with Crippen LogP contribution in [0.3, 0.4) is 0 Å². The Morgan fingerprint density at radius 1 is 1.15 bits per heavy atom. The highest BCUT2D eigenvalue weighted by Gasteiger charge is 2.40. The molecule has 2 amide bonds. The number of nitrogens with zero attached hydrogens (tertiary/aromatic N) is 3. The quantitative estimate of drug-likeness (QED) is 0.355. The van der Waals surface area contributed by atoms with E-state index in [4.69, 9.17) is 16.3 Å². The van der Waals surface area contributed by atoms with Gasteiger partial charge in [-0.25, -0.2) is 4.79 Å². The van der Waals surface area contributed by atoms with Crippen molar-refractivity contribution < 1.29 is 27.5 Å². The van der Waals surface area contributed by atoms with E-state index >= 15 is 0 Å². The molecule has 41 heavy (non-hydrogen) atoms. The summed E-state index contributed by atoms with van der Waals surface area (Å²) in [5.41, 5.74) is 2.63. The lowest BCUT2D eigenvalue weighted by molar-refractivity contribution is -0.167. The van der Waals surface area contributed by atoms with Crippen molar-refractivity contribution >= 4 is 45.4 Å². The highest BCUT2D eigenvalue weighted by molar-refractivity contribution is 6.35. The van der Waals surface area contributed by atoms with Crippen LogP contribution >= 0.6 is 11.6 Å². The molecule has 2 aromatic heterocycles. The first-order chi connectivity index (χ1) is 19.6. The summed E-state index contributed by atoms with van der Waals surface area (Å²) in [6, 6.07) is 10.9. The van der Waals surface area contributed by atoms with Crippen molar-refractivity contribution in [3.8, 4) is 0 Å². The Kier molecular flexibility index (Phi) is 6.88. The van der Waals surface area contributed by atoms with Crippen LogP contribution in [0, 0.1) is 0 Å². The lowest BCUT2D eigenvalue weighted by Gasteiger charge is -2.32. The number of halogens is 4. The van der Waals surface area contributed by atoms with Gasteiger partial charge in [0, 0.05) is 42.5 Å². The highest BCUT2D eigenvalue weighted by Crippen LogP contribution is 2.34. The number of nitrogens with one attached hydrogen (secondary N) is 2. The molecule has 2 aliphatic rings. The Hall–Kier alpha value is -4.06. The van der Waals surface area contributed by atoms with Gasteiger partial charge in [-0.15, -0.1) is 0 Å². The molecule has 0 saturated carbocycles. The number of aromatic amines is 2. The van der Waals surface area contributed by atoms with Gasteiger partial charge in [-0.05, 0) is 53.5 Å². The van der Waals surface area contributed by atoms with Crippen molar-refractivity contribution in [2.24, 2.45) is 0 Å². The predicted molar refractivity (Wildman–Crippen MR) is 145 cm³/mol. The third-order valence-corrected chi connectivity index (χ3v) is 8.12. The van der Waals surface area contributed by atoms with Gasteiger partial charge in [-0.2, -0.15) is 18.3 Å². The predicted octanol–water partition coefficient (Wildman–Crippen LogP) is 4.89. The average Bonchev–Trinajstić information content (AvgIpc) is 3.39. The van der Waals surface area contributed by atoms with Gasteiger partial charge in [0.05, 0.1) is 16.7 Å². The van der Waals surface area contributed by atoms with E-state index in [1.807, 2.05) is 30.3 Å². The van der Waals surface area contributed by atoms with Crippen molar-refractivity contribution in [2.45, 2.75) is 44.0 Å². The van der Waals surface area contributed by atoms with Gasteiger partial charge in [0.25, 0.3) is 11.5 Å². The molecule has 214 valence electrons. The summed E-state index contributed by atoms with van der Waals surface area (Å²) in [5, 5.41) is 8.38. The van der Waals surface area contributed by atoms with Crippen molar-refractivity contribution in [3.63, 3.8) is 0 Å². The topological polar surface area (TPSA) is 111 Å². The van der Waals surface area contributed by atoms with Crippen LogP contribution in [-0.4, -0.2) is 68.9 Å². The molecule has 1 saturated heterocycles. The zero-order valence-corrected chi connectivity index (χ0v) is 22.4. The number of carbonyl (C=O) groups excluding carboxylic acids is 2. The average molecular weight is 588 g/mol. The molecule has 0 aliphatic carbocycles. The Bertz CT molecular complexity index is 1710. The van der Waals surface area contributed by atoms with Crippen molar-refractivity contribution in [1.82, 2.24) is 25.0 Å². The normalized spacial score (nSPS) is 18.5. The second kappa shape index (κ2) is 10.4. The third kappa shape index (κ3) is 5.35. The first-order valence-electron chi connectivity index (χ1n) is 13.1. The molecule has 0 radical (unpaired) electrons. The number of rotatable bonds is 3. The molecule has 6 rings (SSSR count). The minimum absolute atomic E-state index is 0.0828. The van der Waals surface area contributed by atoms with Gasteiger partial charge in [-0.1, -0.05) is 29.8 Å². The molecule has 0 unspecified atom stereocenters. The van der Waals surface area contributed by atoms with E-state index in [-0.39, 0.29) is 37.5 Å². The number of aromatic nitrogens is 3. The number of hydrogen-bond acceptors (Lipinski definition) is 5. The van der Waals surface area contributed by atoms with Crippen LogP contribution in [0.15, 0.2) is 47.4 Å². The number of alkyl halides is 3. The number of hydrogen-bond donors (Lipinski definition) is 2. The molecule has 4 aromatic rings. The summed E-state index contributed by atoms with van der Waals surface area (Å²) in [7, 11) is 0. The van der Waals surface area contributed by atoms with Gasteiger partial charge < -0.3 is 19.5 Å². The molecule has 13 heteroatoms. The number of carbonyl (C=O) groups is 2. The maximum atomic E-state index is 13.4. The van der Waals surface area contributed by atoms with Crippen molar-refractivity contribution in [1.29, 1.82) is 0 Å². The Balaban J connectivity index is 1.20. The van der Waals surface area contributed by atoms with Crippen LogP contribution in [0.2, 0.25) is 5.02 Å². The van der Waals surface area contributed by atoms with Gasteiger partial charge in [0.1, 0.15) is 6.54 Å². The van der Waals surface area contributed by atoms with Crippen molar-refractivity contribution in [2.75, 3.05) is 19.6 Å². The van der Waals surface area contributed by atoms with Gasteiger partial charge >= 0.3 is 12.3 Å². The summed E-state index contributed by atoms with van der Waals surface area (Å²) < 4.78 is 45.9. The SMILES string of the molecule is O=C(O[C@@H]1Cc2cc(Cl)c3[nH]ncc3c2CN(CC(F)(F)F)C1=O)N1CCC(c2cc3ccccc3[nH]c2=O)CC1. The first kappa shape index (κ1) is 27.1. The molecule has 4 heterocycles. The van der Waals surface area contributed by atoms with Gasteiger partial charge in [0.2, 0.25) is 0 Å². The summed E-state index contributed by atoms with van der Waals surface area (Å²) in [4.78, 5) is 44.1. The largest absolute Gasteiger partial charge is 0.436 e. The minimum atomic E-state index is -4.65. The second-order valence-electron chi connectivity index (χ2n) is 10.4. The Labute approximate surface area is 236 Å². The fraction of sp³-hybridized carbons (Fsp3) is 0.357. The molecule has 9 nitrogen and oxygen atoms in total. The fourth-order valence-electron chi connectivity index (χ4n) is 5.79. The lowest BCUT2D eigenvalue weighted by atomic mass is 9.89. The standard InChI is InChI=1S/C28H25ClF3N5O4/c29-21-10-17-11-23(26(39)37(14-28(30,31)32)13-20(17)19-12-33-35-24(19)21)41-27(40)36-7-5-15(6-8-36)18-9-16-3-1-2-4-22(16)34-25(18)38/h1-4,9-10,12,15,23H,5-8,11,13-14H2,(H,33,35)(H,34,38)/t23-/m1/s1. The molecular weight excluding hydrogens is 563 g/mol. The molecule has 1 fully saturated rings. The van der Waals surface area contributed by atoms with Crippen LogP contribution in [0.1, 0.15) is 35.4 Å². The van der Waals surface area contributed by atoms with Crippen LogP contribution in [0.5, 0.6) is 0 Å². The smallest absolute Gasteiger partial charge is 0.410 e. The second-order valence-corrected chi connectivity index (χ2v) is 10.9. The molecule has 0 spiro atoms. The first-order valence-corrected chi connectivity index (χ1v) is 13.5. The van der Waals surface area contributed by atoms with E-state index in [0.717, 1.165) is 10.9 Å². The number of fused-ring (bicyclic) bond motifs is 4. The number of likely N-dealkylation sites (tertiary alicyclic amines) is 1. The van der Waals surface area contributed by atoms with Crippen LogP contribution in [-0.2, 0) is 22.5 Å². The minimum Gasteiger partial charge on any atom is -0.436 e. The molecule has 2 aliphatic heterocycles. The molecule has 2 aromatic carbocycles. The van der Waals surface area contributed by atoms with E-state index in [2.05, 4.69) is 15.2 Å². The maximum Gasteiger partial charge on any atom is 0.410 e. The van der Waals surface area contributed by atoms with E-state index in [9.17, 15) is 27.6 Å². The number of amides is 2.